The molecule has 1 aliphatic carbocycles. The van der Waals surface area contributed by atoms with E-state index in [2.05, 4.69) is 10.3 Å². The molecule has 1 aromatic heterocycles. The van der Waals surface area contributed by atoms with E-state index in [1.165, 1.54) is 11.1 Å². The van der Waals surface area contributed by atoms with Crippen molar-refractivity contribution < 1.29 is 14.7 Å². The van der Waals surface area contributed by atoms with Crippen LogP contribution in [0.25, 0.3) is 0 Å². The molecule has 1 amide bonds. The Hall–Kier alpha value is -2.11. The van der Waals surface area contributed by atoms with Gasteiger partial charge in [0, 0.05) is 26.0 Å². The number of rotatable bonds is 4. The number of hydrogen-bond acceptors (Lipinski definition) is 4. The van der Waals surface area contributed by atoms with Crippen molar-refractivity contribution in [3.8, 4) is 0 Å². The van der Waals surface area contributed by atoms with Crippen LogP contribution < -0.4 is 5.32 Å². The number of nitrogens with one attached hydrogen (secondary N) is 1. The summed E-state index contributed by atoms with van der Waals surface area (Å²) in [7, 11) is 3.31. The number of amides is 1. The van der Waals surface area contributed by atoms with Gasteiger partial charge in [0.2, 0.25) is 0 Å². The Morgan fingerprint density at radius 1 is 1.29 bits per heavy atom. The number of carboxylic acid groups (broad SMARTS) is 1. The third kappa shape index (κ3) is 3.32. The molecule has 1 heterocycles. The van der Waals surface area contributed by atoms with Gasteiger partial charge in [-0.15, -0.1) is 0 Å². The van der Waals surface area contributed by atoms with Gasteiger partial charge < -0.3 is 15.3 Å². The van der Waals surface area contributed by atoms with Crippen molar-refractivity contribution in [2.75, 3.05) is 19.4 Å². The Kier molecular flexibility index (Phi) is 4.45. The Labute approximate surface area is 124 Å². The Morgan fingerprint density at radius 2 is 1.95 bits per heavy atom. The van der Waals surface area contributed by atoms with Gasteiger partial charge in [0.25, 0.3) is 5.91 Å². The minimum absolute atomic E-state index is 0.202. The second-order valence-corrected chi connectivity index (χ2v) is 5.70. The number of aliphatic carboxylic acids is 1. The molecule has 0 spiro atoms. The summed E-state index contributed by atoms with van der Waals surface area (Å²) in [4.78, 5) is 29.1. The first-order chi connectivity index (χ1) is 9.94. The van der Waals surface area contributed by atoms with Crippen LogP contribution in [0.5, 0.6) is 0 Å². The summed E-state index contributed by atoms with van der Waals surface area (Å²) in [6.07, 6.45) is 5.58. The zero-order valence-corrected chi connectivity index (χ0v) is 12.4. The summed E-state index contributed by atoms with van der Waals surface area (Å²) < 4.78 is 0. The van der Waals surface area contributed by atoms with E-state index in [-0.39, 0.29) is 5.91 Å². The number of carbonyl (C=O) groups is 2. The quantitative estimate of drug-likeness (QED) is 0.886. The predicted octanol–water partition coefficient (Wildman–Crippen LogP) is 1.98. The number of carbonyl (C=O) groups excluding carboxylic acids is 1. The fourth-order valence-corrected chi connectivity index (χ4v) is 2.68. The Morgan fingerprint density at radius 3 is 2.52 bits per heavy atom. The lowest BCUT2D eigenvalue weighted by atomic mass is 9.81. The van der Waals surface area contributed by atoms with Crippen molar-refractivity contribution in [3.63, 3.8) is 0 Å². The molecule has 1 aromatic rings. The standard InChI is InChI=1S/C15H21N3O3/c1-18(2)13(19)12-10-11(6-9-16-12)17-15(14(20)21)7-4-3-5-8-15/h6,9-10H,3-5,7-8H2,1-2H3,(H,16,17)(H,20,21). The number of carboxylic acids is 1. The third-order valence-corrected chi connectivity index (χ3v) is 3.89. The van der Waals surface area contributed by atoms with Crippen molar-refractivity contribution in [2.24, 2.45) is 0 Å². The molecule has 1 fully saturated rings. The molecule has 0 saturated heterocycles. The Bertz CT molecular complexity index is 537. The highest BCUT2D eigenvalue weighted by Crippen LogP contribution is 2.32. The molecule has 114 valence electrons. The van der Waals surface area contributed by atoms with Crippen LogP contribution >= 0.6 is 0 Å². The molecule has 21 heavy (non-hydrogen) atoms. The van der Waals surface area contributed by atoms with E-state index in [1.54, 1.807) is 26.2 Å². The van der Waals surface area contributed by atoms with Crippen LogP contribution in [0, 0.1) is 0 Å². The summed E-state index contributed by atoms with van der Waals surface area (Å²) >= 11 is 0. The predicted molar refractivity (Wildman–Crippen MR) is 79.3 cm³/mol. The van der Waals surface area contributed by atoms with Gasteiger partial charge in [-0.2, -0.15) is 0 Å². The topological polar surface area (TPSA) is 82.5 Å². The van der Waals surface area contributed by atoms with E-state index in [1.807, 2.05) is 0 Å². The van der Waals surface area contributed by atoms with E-state index >= 15 is 0 Å². The zero-order chi connectivity index (χ0) is 15.5. The van der Waals surface area contributed by atoms with Crippen molar-refractivity contribution in [1.29, 1.82) is 0 Å². The summed E-state index contributed by atoms with van der Waals surface area (Å²) in [5.74, 6) is -1.04. The first-order valence-electron chi connectivity index (χ1n) is 7.14. The van der Waals surface area contributed by atoms with Crippen LogP contribution in [-0.4, -0.2) is 46.5 Å². The van der Waals surface area contributed by atoms with Gasteiger partial charge >= 0.3 is 5.97 Å². The number of aromatic nitrogens is 1. The molecular formula is C15H21N3O3. The smallest absolute Gasteiger partial charge is 0.329 e. The lowest BCUT2D eigenvalue weighted by Gasteiger charge is -2.35. The number of hydrogen-bond donors (Lipinski definition) is 2. The van der Waals surface area contributed by atoms with Crippen molar-refractivity contribution in [2.45, 2.75) is 37.6 Å². The van der Waals surface area contributed by atoms with Crippen molar-refractivity contribution in [3.05, 3.63) is 24.0 Å². The summed E-state index contributed by atoms with van der Waals surface area (Å²) in [5, 5.41) is 12.7. The van der Waals surface area contributed by atoms with E-state index in [0.717, 1.165) is 19.3 Å². The number of pyridine rings is 1. The van der Waals surface area contributed by atoms with Crippen LogP contribution in [0.3, 0.4) is 0 Å². The van der Waals surface area contributed by atoms with Crippen molar-refractivity contribution in [1.82, 2.24) is 9.88 Å². The van der Waals surface area contributed by atoms with Crippen molar-refractivity contribution >= 4 is 17.6 Å². The molecule has 0 aromatic carbocycles. The van der Waals surface area contributed by atoms with Crippen LogP contribution in [0.1, 0.15) is 42.6 Å². The molecule has 0 atom stereocenters. The van der Waals surface area contributed by atoms with Gasteiger partial charge in [0.1, 0.15) is 11.2 Å². The average Bonchev–Trinajstić information content (AvgIpc) is 2.47. The molecule has 2 N–H and O–H groups in total. The summed E-state index contributed by atoms with van der Waals surface area (Å²) in [6.45, 7) is 0. The largest absolute Gasteiger partial charge is 0.480 e. The average molecular weight is 291 g/mol. The zero-order valence-electron chi connectivity index (χ0n) is 12.4. The maximum absolute atomic E-state index is 11.9. The number of nitrogens with zero attached hydrogens (tertiary/aromatic N) is 2. The normalized spacial score (nSPS) is 17.0. The van der Waals surface area contributed by atoms with Crippen LogP contribution in [0.4, 0.5) is 5.69 Å². The highest BCUT2D eigenvalue weighted by molar-refractivity contribution is 5.93. The summed E-state index contributed by atoms with van der Waals surface area (Å²) in [6, 6.07) is 3.31. The van der Waals surface area contributed by atoms with Gasteiger partial charge in [-0.25, -0.2) is 4.79 Å². The molecule has 2 rings (SSSR count). The van der Waals surface area contributed by atoms with E-state index in [0.29, 0.717) is 24.2 Å². The first kappa shape index (κ1) is 15.3. The monoisotopic (exact) mass is 291 g/mol. The maximum Gasteiger partial charge on any atom is 0.329 e. The van der Waals surface area contributed by atoms with E-state index < -0.39 is 11.5 Å². The number of anilines is 1. The van der Waals surface area contributed by atoms with E-state index in [4.69, 9.17) is 0 Å². The summed E-state index contributed by atoms with van der Waals surface area (Å²) in [5.41, 5.74) is -0.00116. The second kappa shape index (κ2) is 6.11. The van der Waals surface area contributed by atoms with Crippen LogP contribution in [-0.2, 0) is 4.79 Å². The lowest BCUT2D eigenvalue weighted by Crippen LogP contribution is -2.47. The molecule has 6 heteroatoms. The molecule has 1 aliphatic rings. The minimum atomic E-state index is -0.933. The Balaban J connectivity index is 2.23. The second-order valence-electron chi connectivity index (χ2n) is 5.70. The minimum Gasteiger partial charge on any atom is -0.480 e. The van der Waals surface area contributed by atoms with Gasteiger partial charge in [0.15, 0.2) is 0 Å². The fraction of sp³-hybridized carbons (Fsp3) is 0.533. The maximum atomic E-state index is 11.9. The van der Waals surface area contributed by atoms with Crippen LogP contribution in [0.2, 0.25) is 0 Å². The third-order valence-electron chi connectivity index (χ3n) is 3.89. The molecule has 1 saturated carbocycles. The molecule has 0 bridgehead atoms. The molecule has 0 unspecified atom stereocenters. The van der Waals surface area contributed by atoms with E-state index in [9.17, 15) is 14.7 Å². The molecule has 0 radical (unpaired) electrons. The van der Waals surface area contributed by atoms with Gasteiger partial charge in [-0.3, -0.25) is 9.78 Å². The highest BCUT2D eigenvalue weighted by atomic mass is 16.4. The highest BCUT2D eigenvalue weighted by Gasteiger charge is 2.39. The SMILES string of the molecule is CN(C)C(=O)c1cc(NC2(C(=O)O)CCCCC2)ccn1. The van der Waals surface area contributed by atoms with Gasteiger partial charge in [-0.05, 0) is 25.0 Å². The lowest BCUT2D eigenvalue weighted by molar-refractivity contribution is -0.143. The van der Waals surface area contributed by atoms with Gasteiger partial charge in [-0.1, -0.05) is 19.3 Å². The fourth-order valence-electron chi connectivity index (χ4n) is 2.68. The van der Waals surface area contributed by atoms with Gasteiger partial charge in [0.05, 0.1) is 0 Å². The molecule has 0 aliphatic heterocycles. The molecular weight excluding hydrogens is 270 g/mol. The first-order valence-corrected chi connectivity index (χ1v) is 7.14. The molecule has 6 nitrogen and oxygen atoms in total. The van der Waals surface area contributed by atoms with Crippen LogP contribution in [0.15, 0.2) is 18.3 Å².